The third-order valence-electron chi connectivity index (χ3n) is 6.70. The summed E-state index contributed by atoms with van der Waals surface area (Å²) in [5, 5.41) is 23.0. The summed E-state index contributed by atoms with van der Waals surface area (Å²) in [6.07, 6.45) is 0.862. The number of carbonyl (C=O) groups excluding carboxylic acids is 1. The zero-order chi connectivity index (χ0) is 23.1. The summed E-state index contributed by atoms with van der Waals surface area (Å²) in [5.41, 5.74) is 3.60. The number of fused-ring (bicyclic) bond motifs is 1. The molecule has 0 bridgehead atoms. The minimum atomic E-state index is -0.237. The van der Waals surface area contributed by atoms with Crippen LogP contribution in [0.1, 0.15) is 24.9 Å². The second-order valence-electron chi connectivity index (χ2n) is 8.66. The Morgan fingerprint density at radius 2 is 2.06 bits per heavy atom. The van der Waals surface area contributed by atoms with Gasteiger partial charge in [0.15, 0.2) is 0 Å². The molecule has 0 saturated carbocycles. The molecule has 2 aliphatic rings. The van der Waals surface area contributed by atoms with Crippen molar-refractivity contribution in [1.82, 2.24) is 25.2 Å². The highest BCUT2D eigenvalue weighted by atomic mass is 35.5. The molecule has 1 amide bonds. The number of nitrogens with one attached hydrogen (secondary N) is 1. The van der Waals surface area contributed by atoms with Gasteiger partial charge in [0.05, 0.1) is 30.2 Å². The van der Waals surface area contributed by atoms with E-state index in [1.165, 1.54) is 0 Å². The fourth-order valence-corrected chi connectivity index (χ4v) is 5.18. The monoisotopic (exact) mass is 488 g/mol. The predicted molar refractivity (Wildman–Crippen MR) is 129 cm³/mol. The van der Waals surface area contributed by atoms with E-state index in [4.69, 9.17) is 23.2 Å². The predicted octanol–water partition coefficient (Wildman–Crippen LogP) is 2.72. The second kappa shape index (κ2) is 9.10. The van der Waals surface area contributed by atoms with E-state index in [1.54, 1.807) is 6.07 Å². The maximum absolute atomic E-state index is 12.7. The molecule has 174 valence electrons. The number of aliphatic hydroxyl groups is 1. The summed E-state index contributed by atoms with van der Waals surface area (Å²) in [6, 6.07) is 11.0. The third kappa shape index (κ3) is 4.17. The Morgan fingerprint density at radius 3 is 2.76 bits per heavy atom. The molecule has 2 aliphatic heterocycles. The number of rotatable bonds is 5. The van der Waals surface area contributed by atoms with E-state index in [0.717, 1.165) is 35.2 Å². The molecule has 8 nitrogen and oxygen atoms in total. The van der Waals surface area contributed by atoms with Gasteiger partial charge in [-0.3, -0.25) is 4.79 Å². The molecule has 10 heteroatoms. The van der Waals surface area contributed by atoms with Gasteiger partial charge < -0.3 is 20.2 Å². The summed E-state index contributed by atoms with van der Waals surface area (Å²) in [7, 11) is 0. The van der Waals surface area contributed by atoms with Gasteiger partial charge in [-0.05, 0) is 55.8 Å². The molecule has 0 spiro atoms. The lowest BCUT2D eigenvalue weighted by Crippen LogP contribution is -2.63. The van der Waals surface area contributed by atoms with Crippen LogP contribution in [0, 0.1) is 0 Å². The Hall–Kier alpha value is -2.39. The minimum Gasteiger partial charge on any atom is -0.394 e. The molecule has 2 N–H and O–H groups in total. The van der Waals surface area contributed by atoms with Crippen LogP contribution in [-0.2, 0) is 4.79 Å². The second-order valence-corrected chi connectivity index (χ2v) is 9.50. The highest BCUT2D eigenvalue weighted by Gasteiger charge is 2.36. The Kier molecular flexibility index (Phi) is 6.18. The molecule has 3 atom stereocenters. The van der Waals surface area contributed by atoms with E-state index in [2.05, 4.69) is 26.6 Å². The number of nitrogens with zero attached hydrogens (tertiary/aromatic N) is 5. The van der Waals surface area contributed by atoms with E-state index in [9.17, 15) is 9.90 Å². The van der Waals surface area contributed by atoms with E-state index in [1.807, 2.05) is 40.8 Å². The van der Waals surface area contributed by atoms with Crippen molar-refractivity contribution >= 4 is 45.8 Å². The fourth-order valence-electron chi connectivity index (χ4n) is 4.62. The van der Waals surface area contributed by atoms with Crippen LogP contribution in [0.25, 0.3) is 11.0 Å². The molecular formula is C23H26Cl2N6O2. The Bertz CT molecular complexity index is 1180. The first-order chi connectivity index (χ1) is 16.0. The zero-order valence-electron chi connectivity index (χ0n) is 18.3. The van der Waals surface area contributed by atoms with E-state index >= 15 is 0 Å². The summed E-state index contributed by atoms with van der Waals surface area (Å²) in [5.74, 6) is 0.0892. The number of piperazine rings is 1. The van der Waals surface area contributed by atoms with Gasteiger partial charge in [0, 0.05) is 35.4 Å². The van der Waals surface area contributed by atoms with Crippen molar-refractivity contribution in [1.29, 1.82) is 0 Å². The number of aromatic nitrogens is 3. The van der Waals surface area contributed by atoms with Crippen molar-refractivity contribution in [2.24, 2.45) is 0 Å². The normalized spacial score (nSPS) is 21.8. The number of amides is 1. The van der Waals surface area contributed by atoms with Crippen LogP contribution >= 0.6 is 23.2 Å². The van der Waals surface area contributed by atoms with Crippen molar-refractivity contribution in [3.05, 3.63) is 52.0 Å². The Labute approximate surface area is 202 Å². The Balaban J connectivity index is 1.40. The lowest BCUT2D eigenvalue weighted by Gasteiger charge is -2.44. The first-order valence-electron chi connectivity index (χ1n) is 11.2. The first kappa shape index (κ1) is 22.4. The average Bonchev–Trinajstić information content (AvgIpc) is 3.20. The SMILES string of the molecule is CC(c1ccc(Cl)cc1Cl)n1nnc2ccc(N3CCN(C(=O)C4CCN4)[C@H](CO)C3)cc21. The number of anilines is 1. The van der Waals surface area contributed by atoms with Gasteiger partial charge in [0.25, 0.3) is 0 Å². The molecule has 2 aromatic carbocycles. The topological polar surface area (TPSA) is 86.5 Å². The largest absolute Gasteiger partial charge is 0.394 e. The van der Waals surface area contributed by atoms with Gasteiger partial charge in [0.2, 0.25) is 5.91 Å². The van der Waals surface area contributed by atoms with Crippen molar-refractivity contribution in [3.8, 4) is 0 Å². The van der Waals surface area contributed by atoms with Gasteiger partial charge in [0.1, 0.15) is 5.52 Å². The number of aliphatic hydroxyl groups excluding tert-OH is 1. The molecule has 5 rings (SSSR count). The smallest absolute Gasteiger partial charge is 0.240 e. The van der Waals surface area contributed by atoms with Crippen LogP contribution in [0.15, 0.2) is 36.4 Å². The number of hydrogen-bond acceptors (Lipinski definition) is 6. The fraction of sp³-hybridized carbons (Fsp3) is 0.435. The van der Waals surface area contributed by atoms with Crippen molar-refractivity contribution in [2.45, 2.75) is 31.5 Å². The number of halogens is 2. The van der Waals surface area contributed by atoms with Gasteiger partial charge >= 0.3 is 0 Å². The average molecular weight is 489 g/mol. The summed E-state index contributed by atoms with van der Waals surface area (Å²) >= 11 is 12.5. The maximum Gasteiger partial charge on any atom is 0.240 e. The highest BCUT2D eigenvalue weighted by molar-refractivity contribution is 6.35. The van der Waals surface area contributed by atoms with Gasteiger partial charge in [-0.2, -0.15) is 0 Å². The van der Waals surface area contributed by atoms with Gasteiger partial charge in [-0.15, -0.1) is 5.10 Å². The van der Waals surface area contributed by atoms with Gasteiger partial charge in [-0.1, -0.05) is 34.5 Å². The molecular weight excluding hydrogens is 463 g/mol. The number of hydrogen-bond donors (Lipinski definition) is 2. The molecule has 2 saturated heterocycles. The van der Waals surface area contributed by atoms with Crippen molar-refractivity contribution < 1.29 is 9.90 Å². The van der Waals surface area contributed by atoms with Crippen molar-refractivity contribution in [3.63, 3.8) is 0 Å². The quantitative estimate of drug-likeness (QED) is 0.574. The van der Waals surface area contributed by atoms with E-state index in [0.29, 0.717) is 29.7 Å². The standard InChI is InChI=1S/C23H26Cl2N6O2/c1-14(18-4-2-15(24)10-19(18)25)31-22-11-16(3-5-20(22)27-28-31)29-8-9-30(17(12-29)13-32)23(33)21-6-7-26-21/h2-5,10-11,14,17,21,26,32H,6-9,12-13H2,1H3/t14?,17-,21?/m0/s1. The zero-order valence-corrected chi connectivity index (χ0v) is 19.8. The molecule has 2 fully saturated rings. The summed E-state index contributed by atoms with van der Waals surface area (Å²) < 4.78 is 1.86. The molecule has 1 aromatic heterocycles. The van der Waals surface area contributed by atoms with Crippen LogP contribution in [-0.4, -0.2) is 75.8 Å². The maximum atomic E-state index is 12.7. The molecule has 2 unspecified atom stereocenters. The minimum absolute atomic E-state index is 0.0667. The van der Waals surface area contributed by atoms with E-state index < -0.39 is 0 Å². The lowest BCUT2D eigenvalue weighted by molar-refractivity contribution is -0.139. The van der Waals surface area contributed by atoms with Crippen LogP contribution in [0.2, 0.25) is 10.0 Å². The molecule has 3 aromatic rings. The molecule has 33 heavy (non-hydrogen) atoms. The molecule has 0 radical (unpaired) electrons. The van der Waals surface area contributed by atoms with Crippen LogP contribution in [0.3, 0.4) is 0 Å². The highest BCUT2D eigenvalue weighted by Crippen LogP contribution is 2.31. The van der Waals surface area contributed by atoms with Crippen molar-refractivity contribution in [2.75, 3.05) is 37.7 Å². The molecule has 0 aliphatic carbocycles. The van der Waals surface area contributed by atoms with Gasteiger partial charge in [-0.25, -0.2) is 4.68 Å². The summed E-state index contributed by atoms with van der Waals surface area (Å²) in [6.45, 7) is 4.68. The van der Waals surface area contributed by atoms with Crippen LogP contribution in [0.4, 0.5) is 5.69 Å². The number of benzene rings is 2. The van der Waals surface area contributed by atoms with Crippen LogP contribution < -0.4 is 10.2 Å². The summed E-state index contributed by atoms with van der Waals surface area (Å²) in [4.78, 5) is 16.8. The van der Waals surface area contributed by atoms with E-state index in [-0.39, 0.29) is 30.6 Å². The lowest BCUT2D eigenvalue weighted by atomic mass is 10.0. The molecule has 3 heterocycles. The number of carbonyl (C=O) groups is 1. The third-order valence-corrected chi connectivity index (χ3v) is 7.26. The first-order valence-corrected chi connectivity index (χ1v) is 11.9. The Morgan fingerprint density at radius 1 is 1.24 bits per heavy atom. The van der Waals surface area contributed by atoms with Crippen LogP contribution in [0.5, 0.6) is 0 Å².